The van der Waals surface area contributed by atoms with E-state index in [1.54, 1.807) is 7.11 Å². The van der Waals surface area contributed by atoms with Crippen molar-refractivity contribution in [3.8, 4) is 16.9 Å². The Bertz CT molecular complexity index is 593. The lowest BCUT2D eigenvalue weighted by molar-refractivity contribution is -0.138. The van der Waals surface area contributed by atoms with E-state index < -0.39 is 12.0 Å². The van der Waals surface area contributed by atoms with Gasteiger partial charge in [0.2, 0.25) is 0 Å². The van der Waals surface area contributed by atoms with E-state index in [-0.39, 0.29) is 0 Å². The summed E-state index contributed by atoms with van der Waals surface area (Å²) in [7, 11) is 1.63. The molecular weight excluding hydrogens is 254 g/mol. The van der Waals surface area contributed by atoms with Gasteiger partial charge in [0.25, 0.3) is 0 Å². The van der Waals surface area contributed by atoms with Gasteiger partial charge >= 0.3 is 5.97 Å². The molecule has 3 N–H and O–H groups in total. The first-order valence-electron chi connectivity index (χ1n) is 6.32. The molecule has 0 heterocycles. The molecule has 0 aromatic heterocycles. The molecule has 2 aromatic carbocycles. The lowest BCUT2D eigenvalue weighted by Gasteiger charge is -2.08. The van der Waals surface area contributed by atoms with Crippen molar-refractivity contribution in [2.45, 2.75) is 12.5 Å². The topological polar surface area (TPSA) is 72.5 Å². The molecule has 0 aliphatic rings. The summed E-state index contributed by atoms with van der Waals surface area (Å²) < 4.78 is 5.20. The molecule has 4 nitrogen and oxygen atoms in total. The maximum Gasteiger partial charge on any atom is 0.320 e. The Kier molecular flexibility index (Phi) is 4.38. The molecule has 104 valence electrons. The lowest BCUT2D eigenvalue weighted by atomic mass is 10.0. The van der Waals surface area contributed by atoms with Gasteiger partial charge < -0.3 is 15.6 Å². The largest absolute Gasteiger partial charge is 0.497 e. The van der Waals surface area contributed by atoms with E-state index >= 15 is 0 Å². The Hall–Kier alpha value is -2.33. The molecule has 0 spiro atoms. The van der Waals surface area contributed by atoms with Gasteiger partial charge in [0.05, 0.1) is 7.11 Å². The van der Waals surface area contributed by atoms with Crippen LogP contribution in [0.1, 0.15) is 5.56 Å². The van der Waals surface area contributed by atoms with Crippen LogP contribution < -0.4 is 10.5 Å². The predicted molar refractivity (Wildman–Crippen MR) is 77.7 cm³/mol. The van der Waals surface area contributed by atoms with Crippen LogP contribution >= 0.6 is 0 Å². The summed E-state index contributed by atoms with van der Waals surface area (Å²) in [5, 5.41) is 8.79. The fourth-order valence-electron chi connectivity index (χ4n) is 1.98. The van der Waals surface area contributed by atoms with E-state index in [4.69, 9.17) is 15.6 Å². The van der Waals surface area contributed by atoms with E-state index in [0.29, 0.717) is 6.42 Å². The summed E-state index contributed by atoms with van der Waals surface area (Å²) in [6, 6.07) is 14.6. The Balaban J connectivity index is 2.17. The van der Waals surface area contributed by atoms with Gasteiger partial charge in [0, 0.05) is 0 Å². The zero-order chi connectivity index (χ0) is 14.5. The highest BCUT2D eigenvalue weighted by Crippen LogP contribution is 2.24. The van der Waals surface area contributed by atoms with Crippen molar-refractivity contribution in [2.75, 3.05) is 7.11 Å². The zero-order valence-corrected chi connectivity index (χ0v) is 11.2. The third-order valence-corrected chi connectivity index (χ3v) is 3.13. The van der Waals surface area contributed by atoms with Crippen molar-refractivity contribution >= 4 is 5.97 Å². The SMILES string of the molecule is COc1cccc(-c2ccc(CC(N)C(=O)O)cc2)c1. The molecule has 0 saturated heterocycles. The van der Waals surface area contributed by atoms with Crippen LogP contribution in [0.3, 0.4) is 0 Å². The molecule has 0 bridgehead atoms. The lowest BCUT2D eigenvalue weighted by Crippen LogP contribution is -2.32. The maximum atomic E-state index is 10.7. The number of carbonyl (C=O) groups is 1. The number of aliphatic carboxylic acids is 1. The predicted octanol–water partition coefficient (Wildman–Crippen LogP) is 2.32. The first kappa shape index (κ1) is 14.1. The average Bonchev–Trinajstić information content (AvgIpc) is 2.48. The van der Waals surface area contributed by atoms with Crippen LogP contribution in [-0.2, 0) is 11.2 Å². The van der Waals surface area contributed by atoms with E-state index in [0.717, 1.165) is 22.4 Å². The highest BCUT2D eigenvalue weighted by molar-refractivity contribution is 5.73. The first-order valence-corrected chi connectivity index (χ1v) is 6.32. The van der Waals surface area contributed by atoms with Gasteiger partial charge in [0.1, 0.15) is 11.8 Å². The van der Waals surface area contributed by atoms with Gasteiger partial charge in [-0.25, -0.2) is 0 Å². The van der Waals surface area contributed by atoms with Crippen LogP contribution in [0.25, 0.3) is 11.1 Å². The van der Waals surface area contributed by atoms with Gasteiger partial charge in [-0.3, -0.25) is 4.79 Å². The minimum Gasteiger partial charge on any atom is -0.497 e. The molecule has 0 fully saturated rings. The third-order valence-electron chi connectivity index (χ3n) is 3.13. The Morgan fingerprint density at radius 3 is 2.50 bits per heavy atom. The van der Waals surface area contributed by atoms with Gasteiger partial charge in [0.15, 0.2) is 0 Å². The summed E-state index contributed by atoms with van der Waals surface area (Å²) >= 11 is 0. The van der Waals surface area contributed by atoms with Crippen LogP contribution in [0.5, 0.6) is 5.75 Å². The molecule has 0 amide bonds. The van der Waals surface area contributed by atoms with Crippen molar-refractivity contribution in [3.05, 3.63) is 54.1 Å². The van der Waals surface area contributed by atoms with Crippen LogP contribution in [0.15, 0.2) is 48.5 Å². The van der Waals surface area contributed by atoms with Crippen LogP contribution in [0.4, 0.5) is 0 Å². The van der Waals surface area contributed by atoms with Crippen molar-refractivity contribution in [3.63, 3.8) is 0 Å². The third kappa shape index (κ3) is 3.36. The van der Waals surface area contributed by atoms with E-state index in [1.165, 1.54) is 0 Å². The number of hydrogen-bond acceptors (Lipinski definition) is 3. The highest BCUT2D eigenvalue weighted by Gasteiger charge is 2.11. The quantitative estimate of drug-likeness (QED) is 0.875. The van der Waals surface area contributed by atoms with Crippen LogP contribution in [0, 0.1) is 0 Å². The number of carboxylic acid groups (broad SMARTS) is 1. The highest BCUT2D eigenvalue weighted by atomic mass is 16.5. The first-order chi connectivity index (χ1) is 9.60. The number of carboxylic acids is 1. The molecule has 0 aliphatic heterocycles. The monoisotopic (exact) mass is 271 g/mol. The number of benzene rings is 2. The van der Waals surface area contributed by atoms with Gasteiger partial charge in [-0.1, -0.05) is 36.4 Å². The van der Waals surface area contributed by atoms with Crippen molar-refractivity contribution in [1.29, 1.82) is 0 Å². The molecule has 0 aliphatic carbocycles. The molecule has 0 saturated carbocycles. The van der Waals surface area contributed by atoms with Crippen molar-refractivity contribution in [1.82, 2.24) is 0 Å². The van der Waals surface area contributed by atoms with Crippen molar-refractivity contribution < 1.29 is 14.6 Å². The number of methoxy groups -OCH3 is 1. The van der Waals surface area contributed by atoms with Gasteiger partial charge in [-0.2, -0.15) is 0 Å². The standard InChI is InChI=1S/C16H17NO3/c1-20-14-4-2-3-13(10-14)12-7-5-11(6-8-12)9-15(17)16(18)19/h2-8,10,15H,9,17H2,1H3,(H,18,19). The summed E-state index contributed by atoms with van der Waals surface area (Å²) in [6.45, 7) is 0. The van der Waals surface area contributed by atoms with E-state index in [1.807, 2.05) is 48.5 Å². The summed E-state index contributed by atoms with van der Waals surface area (Å²) in [4.78, 5) is 10.7. The number of nitrogens with two attached hydrogens (primary N) is 1. The number of ether oxygens (including phenoxy) is 1. The number of hydrogen-bond donors (Lipinski definition) is 2. The molecule has 20 heavy (non-hydrogen) atoms. The zero-order valence-electron chi connectivity index (χ0n) is 11.2. The van der Waals surface area contributed by atoms with Gasteiger partial charge in [-0.15, -0.1) is 0 Å². The second-order valence-electron chi connectivity index (χ2n) is 4.58. The normalized spacial score (nSPS) is 11.9. The Labute approximate surface area is 117 Å². The Morgan fingerprint density at radius 1 is 1.20 bits per heavy atom. The second-order valence-corrected chi connectivity index (χ2v) is 4.58. The average molecular weight is 271 g/mol. The van der Waals surface area contributed by atoms with E-state index in [2.05, 4.69) is 0 Å². The smallest absolute Gasteiger partial charge is 0.320 e. The molecule has 2 aromatic rings. The minimum absolute atomic E-state index is 0.327. The molecule has 0 radical (unpaired) electrons. The number of rotatable bonds is 5. The fourth-order valence-corrected chi connectivity index (χ4v) is 1.98. The van der Waals surface area contributed by atoms with Crippen LogP contribution in [0.2, 0.25) is 0 Å². The minimum atomic E-state index is -0.984. The summed E-state index contributed by atoms with van der Waals surface area (Å²) in [6.07, 6.45) is 0.327. The molecular formula is C16H17NO3. The second kappa shape index (κ2) is 6.21. The summed E-state index contributed by atoms with van der Waals surface area (Å²) in [5.74, 6) is -0.179. The van der Waals surface area contributed by atoms with Gasteiger partial charge in [-0.05, 0) is 35.2 Å². The molecule has 4 heteroatoms. The Morgan fingerprint density at radius 2 is 1.90 bits per heavy atom. The van der Waals surface area contributed by atoms with Crippen molar-refractivity contribution in [2.24, 2.45) is 5.73 Å². The molecule has 1 unspecified atom stereocenters. The maximum absolute atomic E-state index is 10.7. The van der Waals surface area contributed by atoms with Crippen LogP contribution in [-0.4, -0.2) is 24.2 Å². The molecule has 2 rings (SSSR count). The fraction of sp³-hybridized carbons (Fsp3) is 0.188. The van der Waals surface area contributed by atoms with E-state index in [9.17, 15) is 4.79 Å². The summed E-state index contributed by atoms with van der Waals surface area (Å²) in [5.41, 5.74) is 8.53. The molecule has 1 atom stereocenters.